The average Bonchev–Trinajstić information content (AvgIpc) is 2.83. The maximum atomic E-state index is 11.8. The average molecular weight is 265 g/mol. The Morgan fingerprint density at radius 2 is 2.21 bits per heavy atom. The largest absolute Gasteiger partial charge is 0.396 e. The monoisotopic (exact) mass is 265 g/mol. The molecule has 19 heavy (non-hydrogen) atoms. The molecular formula is C14H23N3O2. The zero-order chi connectivity index (χ0) is 13.7. The van der Waals surface area contributed by atoms with Crippen molar-refractivity contribution in [2.24, 2.45) is 5.92 Å². The van der Waals surface area contributed by atoms with E-state index in [2.05, 4.69) is 10.4 Å². The summed E-state index contributed by atoms with van der Waals surface area (Å²) in [7, 11) is 0. The highest BCUT2D eigenvalue weighted by Crippen LogP contribution is 2.23. The first-order valence-electron chi connectivity index (χ1n) is 7.06. The lowest BCUT2D eigenvalue weighted by molar-refractivity contribution is -0.122. The van der Waals surface area contributed by atoms with E-state index in [9.17, 15) is 4.79 Å². The molecule has 0 saturated heterocycles. The van der Waals surface area contributed by atoms with E-state index in [1.165, 1.54) is 0 Å². The van der Waals surface area contributed by atoms with Gasteiger partial charge in [0.25, 0.3) is 0 Å². The number of aryl methyl sites for hydroxylation is 2. The summed E-state index contributed by atoms with van der Waals surface area (Å²) in [5, 5.41) is 16.3. The van der Waals surface area contributed by atoms with E-state index in [4.69, 9.17) is 5.11 Å². The number of rotatable bonds is 5. The minimum Gasteiger partial charge on any atom is -0.396 e. The van der Waals surface area contributed by atoms with E-state index >= 15 is 0 Å². The maximum Gasteiger partial charge on any atom is 0.222 e. The molecule has 2 N–H and O–H groups in total. The Kier molecular flexibility index (Phi) is 4.96. The Morgan fingerprint density at radius 1 is 1.47 bits per heavy atom. The second kappa shape index (κ2) is 6.70. The molecule has 0 aromatic carbocycles. The van der Waals surface area contributed by atoms with Crippen molar-refractivity contribution in [1.29, 1.82) is 0 Å². The summed E-state index contributed by atoms with van der Waals surface area (Å²) in [5.74, 6) is 0.529. The third-order valence-electron chi connectivity index (χ3n) is 3.80. The van der Waals surface area contributed by atoms with Crippen molar-refractivity contribution in [3.63, 3.8) is 0 Å². The summed E-state index contributed by atoms with van der Waals surface area (Å²) >= 11 is 0. The fourth-order valence-electron chi connectivity index (χ4n) is 2.59. The molecule has 0 unspecified atom stereocenters. The fraction of sp³-hybridized carbons (Fsp3) is 0.714. The molecule has 5 heteroatoms. The van der Waals surface area contributed by atoms with E-state index < -0.39 is 0 Å². The van der Waals surface area contributed by atoms with Crippen LogP contribution in [0.5, 0.6) is 0 Å². The summed E-state index contributed by atoms with van der Waals surface area (Å²) in [6, 6.07) is 0.287. The highest BCUT2D eigenvalue weighted by Gasteiger charge is 2.21. The minimum atomic E-state index is 0.0978. The van der Waals surface area contributed by atoms with Crippen molar-refractivity contribution in [3.8, 4) is 0 Å². The molecule has 1 fully saturated rings. The van der Waals surface area contributed by atoms with Gasteiger partial charge < -0.3 is 10.4 Å². The topological polar surface area (TPSA) is 67.2 Å². The van der Waals surface area contributed by atoms with Crippen molar-refractivity contribution in [3.05, 3.63) is 18.0 Å². The quantitative estimate of drug-likeness (QED) is 0.842. The highest BCUT2D eigenvalue weighted by atomic mass is 16.3. The van der Waals surface area contributed by atoms with Crippen molar-refractivity contribution in [1.82, 2.24) is 15.1 Å². The van der Waals surface area contributed by atoms with Crippen LogP contribution in [0.2, 0.25) is 0 Å². The van der Waals surface area contributed by atoms with E-state index in [-0.39, 0.29) is 18.6 Å². The second-order valence-corrected chi connectivity index (χ2v) is 5.50. The minimum absolute atomic E-state index is 0.0978. The number of aliphatic hydroxyl groups is 1. The van der Waals surface area contributed by atoms with Crippen LogP contribution in [-0.4, -0.2) is 33.4 Å². The van der Waals surface area contributed by atoms with Gasteiger partial charge in [0.15, 0.2) is 0 Å². The molecule has 106 valence electrons. The number of nitrogens with one attached hydrogen (secondary N) is 1. The number of carbonyl (C=O) groups excluding carboxylic acids is 1. The Morgan fingerprint density at radius 3 is 2.79 bits per heavy atom. The van der Waals surface area contributed by atoms with Gasteiger partial charge in [-0.15, -0.1) is 0 Å². The Hall–Kier alpha value is -1.36. The van der Waals surface area contributed by atoms with Gasteiger partial charge in [-0.1, -0.05) is 0 Å². The van der Waals surface area contributed by atoms with Crippen LogP contribution >= 0.6 is 0 Å². The van der Waals surface area contributed by atoms with E-state index in [1.54, 1.807) is 10.9 Å². The van der Waals surface area contributed by atoms with Crippen LogP contribution in [0.1, 0.15) is 37.7 Å². The predicted molar refractivity (Wildman–Crippen MR) is 72.6 cm³/mol. The van der Waals surface area contributed by atoms with Gasteiger partial charge in [0.05, 0.1) is 6.20 Å². The van der Waals surface area contributed by atoms with Gasteiger partial charge in [-0.2, -0.15) is 5.10 Å². The van der Waals surface area contributed by atoms with E-state index in [1.807, 2.05) is 13.1 Å². The number of hydrogen-bond acceptors (Lipinski definition) is 3. The Balaban J connectivity index is 1.67. The molecule has 1 heterocycles. The lowest BCUT2D eigenvalue weighted by Crippen LogP contribution is -2.38. The van der Waals surface area contributed by atoms with Gasteiger partial charge in [-0.25, -0.2) is 0 Å². The molecule has 0 atom stereocenters. The molecule has 1 aliphatic carbocycles. The zero-order valence-corrected chi connectivity index (χ0v) is 11.5. The zero-order valence-electron chi connectivity index (χ0n) is 11.5. The number of aromatic nitrogens is 2. The lowest BCUT2D eigenvalue weighted by atomic mass is 9.86. The van der Waals surface area contributed by atoms with Gasteiger partial charge in [-0.3, -0.25) is 9.48 Å². The molecular weight excluding hydrogens is 242 g/mol. The van der Waals surface area contributed by atoms with Gasteiger partial charge in [0.1, 0.15) is 0 Å². The van der Waals surface area contributed by atoms with Crippen LogP contribution in [0.15, 0.2) is 12.4 Å². The van der Waals surface area contributed by atoms with Crippen molar-refractivity contribution in [2.75, 3.05) is 6.61 Å². The molecule has 1 aromatic rings. The molecule has 0 aliphatic heterocycles. The first kappa shape index (κ1) is 14.1. The summed E-state index contributed by atoms with van der Waals surface area (Å²) < 4.78 is 1.80. The molecule has 0 radical (unpaired) electrons. The number of nitrogens with zero attached hydrogens (tertiary/aromatic N) is 2. The highest BCUT2D eigenvalue weighted by molar-refractivity contribution is 5.76. The Bertz CT molecular complexity index is 409. The summed E-state index contributed by atoms with van der Waals surface area (Å²) in [6.45, 7) is 2.90. The van der Waals surface area contributed by atoms with Gasteiger partial charge >= 0.3 is 0 Å². The molecule has 5 nitrogen and oxygen atoms in total. The fourth-order valence-corrected chi connectivity index (χ4v) is 2.59. The summed E-state index contributed by atoms with van der Waals surface area (Å²) in [5.41, 5.74) is 1.11. The van der Waals surface area contributed by atoms with E-state index in [0.29, 0.717) is 18.9 Å². The van der Waals surface area contributed by atoms with Crippen LogP contribution in [0.25, 0.3) is 0 Å². The normalized spacial score (nSPS) is 23.3. The van der Waals surface area contributed by atoms with E-state index in [0.717, 1.165) is 31.2 Å². The SMILES string of the molecule is Cc1cnn(CCC(=O)NC2CCC(CO)CC2)c1. The molecule has 1 amide bonds. The third-order valence-corrected chi connectivity index (χ3v) is 3.80. The van der Waals surface area contributed by atoms with Gasteiger partial charge in [-0.05, 0) is 44.1 Å². The Labute approximate surface area is 114 Å². The van der Waals surface area contributed by atoms with Gasteiger partial charge in [0.2, 0.25) is 5.91 Å². The number of amides is 1. The molecule has 1 aromatic heterocycles. The van der Waals surface area contributed by atoms with Crippen LogP contribution < -0.4 is 5.32 Å². The third kappa shape index (κ3) is 4.35. The number of hydrogen-bond donors (Lipinski definition) is 2. The van der Waals surface area contributed by atoms with Crippen molar-refractivity contribution >= 4 is 5.91 Å². The number of carbonyl (C=O) groups is 1. The predicted octanol–water partition coefficient (Wildman–Crippen LogP) is 1.25. The number of aliphatic hydroxyl groups excluding tert-OH is 1. The van der Waals surface area contributed by atoms with Crippen LogP contribution in [0.4, 0.5) is 0 Å². The van der Waals surface area contributed by atoms with Gasteiger partial charge in [0, 0.05) is 31.8 Å². The molecule has 0 spiro atoms. The first-order valence-corrected chi connectivity index (χ1v) is 7.06. The standard InChI is InChI=1S/C14H23N3O2/c1-11-8-15-17(9-11)7-6-14(19)16-13-4-2-12(10-18)3-5-13/h8-9,12-13,18H,2-7,10H2,1H3,(H,16,19). The molecule has 1 saturated carbocycles. The first-order chi connectivity index (χ1) is 9.17. The molecule has 2 rings (SSSR count). The van der Waals surface area contributed by atoms with Crippen LogP contribution in [0, 0.1) is 12.8 Å². The smallest absolute Gasteiger partial charge is 0.222 e. The van der Waals surface area contributed by atoms with Crippen molar-refractivity contribution in [2.45, 2.75) is 51.6 Å². The van der Waals surface area contributed by atoms with Crippen molar-refractivity contribution < 1.29 is 9.90 Å². The molecule has 0 bridgehead atoms. The lowest BCUT2D eigenvalue weighted by Gasteiger charge is -2.27. The van der Waals surface area contributed by atoms with Crippen LogP contribution in [0.3, 0.4) is 0 Å². The van der Waals surface area contributed by atoms with Crippen LogP contribution in [-0.2, 0) is 11.3 Å². The second-order valence-electron chi connectivity index (χ2n) is 5.50. The maximum absolute atomic E-state index is 11.8. The summed E-state index contributed by atoms with van der Waals surface area (Å²) in [4.78, 5) is 11.8. The molecule has 1 aliphatic rings. The summed E-state index contributed by atoms with van der Waals surface area (Å²) in [6.07, 6.45) is 8.21.